The Bertz CT molecular complexity index is 1140. The Balaban J connectivity index is 2.01. The molecule has 3 heteroatoms. The summed E-state index contributed by atoms with van der Waals surface area (Å²) < 4.78 is 5.61. The van der Waals surface area contributed by atoms with E-state index < -0.39 is 0 Å². The topological polar surface area (TPSA) is 25.4 Å². The minimum absolute atomic E-state index is 0.782. The van der Waals surface area contributed by atoms with Crippen molar-refractivity contribution in [1.29, 1.82) is 0 Å². The zero-order valence-corrected chi connectivity index (χ0v) is 15.2. The summed E-state index contributed by atoms with van der Waals surface area (Å²) in [5.74, 6) is 0. The van der Waals surface area contributed by atoms with E-state index in [9.17, 15) is 0 Å². The Kier molecular flexibility index (Phi) is 3.57. The molecule has 0 N–H and O–H groups in total. The van der Waals surface area contributed by atoms with Gasteiger partial charge in [-0.05, 0) is 36.4 Å². The minimum atomic E-state index is 0.782. The monoisotopic (exact) mass is 342 g/mol. The van der Waals surface area contributed by atoms with Gasteiger partial charge in [-0.2, -0.15) is 0 Å². The molecule has 1 aliphatic rings. The molecular formula is C23H22N2O. The lowest BCUT2D eigenvalue weighted by atomic mass is 9.93. The standard InChI is InChI=1S/C23H22N2O/c1-15-16(2)21-22(18-8-4-3-7-17(15)18)24-20-10-6-5-9-19(20)23(21)25-11-13-26-14-12-25/h3-10H,11-14H2,1-2H3. The number of aryl methyl sites for hydroxylation is 2. The number of anilines is 1. The summed E-state index contributed by atoms with van der Waals surface area (Å²) in [6, 6.07) is 17.2. The van der Waals surface area contributed by atoms with E-state index in [4.69, 9.17) is 9.72 Å². The number of aromatic nitrogens is 1. The summed E-state index contributed by atoms with van der Waals surface area (Å²) in [7, 11) is 0. The third-order valence-electron chi connectivity index (χ3n) is 5.72. The van der Waals surface area contributed by atoms with Crippen molar-refractivity contribution in [3.05, 3.63) is 59.7 Å². The normalized spacial score (nSPS) is 15.2. The maximum atomic E-state index is 5.61. The van der Waals surface area contributed by atoms with Gasteiger partial charge in [0, 0.05) is 29.2 Å². The maximum Gasteiger partial charge on any atom is 0.0811 e. The van der Waals surface area contributed by atoms with Crippen molar-refractivity contribution in [1.82, 2.24) is 4.98 Å². The highest BCUT2D eigenvalue weighted by molar-refractivity contribution is 6.18. The molecule has 0 spiro atoms. The number of fused-ring (bicyclic) bond motifs is 4. The summed E-state index contributed by atoms with van der Waals surface area (Å²) in [5.41, 5.74) is 6.18. The van der Waals surface area contributed by atoms with E-state index in [0.29, 0.717) is 0 Å². The molecule has 0 atom stereocenters. The average molecular weight is 342 g/mol. The van der Waals surface area contributed by atoms with Crippen molar-refractivity contribution >= 4 is 38.3 Å². The van der Waals surface area contributed by atoms with Gasteiger partial charge in [0.05, 0.1) is 29.9 Å². The van der Waals surface area contributed by atoms with Crippen molar-refractivity contribution in [2.45, 2.75) is 13.8 Å². The fraction of sp³-hybridized carbons (Fsp3) is 0.261. The van der Waals surface area contributed by atoms with Crippen molar-refractivity contribution in [2.75, 3.05) is 31.2 Å². The molecule has 0 unspecified atom stereocenters. The average Bonchev–Trinajstić information content (AvgIpc) is 2.71. The van der Waals surface area contributed by atoms with Gasteiger partial charge in [0.2, 0.25) is 0 Å². The first-order valence-electron chi connectivity index (χ1n) is 9.29. The van der Waals surface area contributed by atoms with Crippen LogP contribution in [0.1, 0.15) is 11.1 Å². The number of benzene rings is 3. The van der Waals surface area contributed by atoms with Crippen LogP contribution >= 0.6 is 0 Å². The van der Waals surface area contributed by atoms with Crippen LogP contribution in [0.25, 0.3) is 32.6 Å². The molecule has 0 bridgehead atoms. The van der Waals surface area contributed by atoms with Crippen LogP contribution < -0.4 is 4.90 Å². The highest BCUT2D eigenvalue weighted by Crippen LogP contribution is 2.40. The molecule has 1 fully saturated rings. The molecule has 1 aromatic heterocycles. The van der Waals surface area contributed by atoms with Crippen LogP contribution in [0, 0.1) is 13.8 Å². The van der Waals surface area contributed by atoms with E-state index in [1.165, 1.54) is 38.4 Å². The zero-order chi connectivity index (χ0) is 17.7. The van der Waals surface area contributed by atoms with Crippen LogP contribution in [0.2, 0.25) is 0 Å². The summed E-state index contributed by atoms with van der Waals surface area (Å²) in [6.07, 6.45) is 0. The Labute approximate surface area is 153 Å². The Morgan fingerprint density at radius 3 is 2.23 bits per heavy atom. The molecule has 130 valence electrons. The zero-order valence-electron chi connectivity index (χ0n) is 15.2. The molecule has 1 saturated heterocycles. The van der Waals surface area contributed by atoms with Gasteiger partial charge in [-0.1, -0.05) is 42.5 Å². The SMILES string of the molecule is Cc1c(C)c2c(N3CCOCC3)c3ccccc3nc2c2ccccc12. The van der Waals surface area contributed by atoms with Gasteiger partial charge < -0.3 is 9.64 Å². The Morgan fingerprint density at radius 2 is 1.46 bits per heavy atom. The number of hydrogen-bond donors (Lipinski definition) is 0. The second-order valence-corrected chi connectivity index (χ2v) is 7.10. The van der Waals surface area contributed by atoms with E-state index in [1.807, 2.05) is 0 Å². The van der Waals surface area contributed by atoms with E-state index in [0.717, 1.165) is 37.3 Å². The summed E-state index contributed by atoms with van der Waals surface area (Å²) in [6.45, 7) is 7.89. The second kappa shape index (κ2) is 5.96. The van der Waals surface area contributed by atoms with Crippen molar-refractivity contribution < 1.29 is 4.74 Å². The largest absolute Gasteiger partial charge is 0.378 e. The number of rotatable bonds is 1. The van der Waals surface area contributed by atoms with Crippen molar-refractivity contribution in [2.24, 2.45) is 0 Å². The number of hydrogen-bond acceptors (Lipinski definition) is 3. The molecule has 5 rings (SSSR count). The number of ether oxygens (including phenoxy) is 1. The lowest BCUT2D eigenvalue weighted by Gasteiger charge is -2.31. The van der Waals surface area contributed by atoms with Gasteiger partial charge in [0.1, 0.15) is 0 Å². The van der Waals surface area contributed by atoms with Crippen LogP contribution in [0.4, 0.5) is 5.69 Å². The van der Waals surface area contributed by atoms with Gasteiger partial charge >= 0.3 is 0 Å². The van der Waals surface area contributed by atoms with Crippen LogP contribution in [-0.2, 0) is 4.74 Å². The molecule has 3 aromatic carbocycles. The molecular weight excluding hydrogens is 320 g/mol. The van der Waals surface area contributed by atoms with Crippen molar-refractivity contribution in [3.63, 3.8) is 0 Å². The molecule has 0 saturated carbocycles. The summed E-state index contributed by atoms with van der Waals surface area (Å²) in [4.78, 5) is 7.59. The van der Waals surface area contributed by atoms with Gasteiger partial charge in [-0.15, -0.1) is 0 Å². The quantitative estimate of drug-likeness (QED) is 0.360. The third-order valence-corrected chi connectivity index (χ3v) is 5.72. The Morgan fingerprint density at radius 1 is 0.808 bits per heavy atom. The van der Waals surface area contributed by atoms with Crippen LogP contribution in [0.15, 0.2) is 48.5 Å². The first-order valence-corrected chi connectivity index (χ1v) is 9.29. The fourth-order valence-electron chi connectivity index (χ4n) is 4.27. The summed E-state index contributed by atoms with van der Waals surface area (Å²) >= 11 is 0. The molecule has 4 aromatic rings. The fourth-order valence-corrected chi connectivity index (χ4v) is 4.27. The predicted octanol–water partition coefficient (Wildman–Crippen LogP) is 4.99. The summed E-state index contributed by atoms with van der Waals surface area (Å²) in [5, 5.41) is 5.07. The number of morpholine rings is 1. The first-order chi connectivity index (χ1) is 12.8. The van der Waals surface area contributed by atoms with Gasteiger partial charge in [-0.25, -0.2) is 4.98 Å². The lowest BCUT2D eigenvalue weighted by Crippen LogP contribution is -2.36. The smallest absolute Gasteiger partial charge is 0.0811 e. The first kappa shape index (κ1) is 15.6. The molecule has 0 amide bonds. The van der Waals surface area contributed by atoms with E-state index in [-0.39, 0.29) is 0 Å². The minimum Gasteiger partial charge on any atom is -0.378 e. The predicted molar refractivity (Wildman–Crippen MR) is 109 cm³/mol. The molecule has 0 aliphatic carbocycles. The van der Waals surface area contributed by atoms with Crippen LogP contribution in [0.3, 0.4) is 0 Å². The highest BCUT2D eigenvalue weighted by atomic mass is 16.5. The van der Waals surface area contributed by atoms with Gasteiger partial charge in [-0.3, -0.25) is 0 Å². The lowest BCUT2D eigenvalue weighted by molar-refractivity contribution is 0.123. The van der Waals surface area contributed by atoms with E-state index >= 15 is 0 Å². The van der Waals surface area contributed by atoms with Crippen molar-refractivity contribution in [3.8, 4) is 0 Å². The van der Waals surface area contributed by atoms with E-state index in [1.54, 1.807) is 0 Å². The second-order valence-electron chi connectivity index (χ2n) is 7.10. The number of para-hydroxylation sites is 1. The van der Waals surface area contributed by atoms with Gasteiger partial charge in [0.15, 0.2) is 0 Å². The number of pyridine rings is 1. The highest BCUT2D eigenvalue weighted by Gasteiger charge is 2.21. The number of nitrogens with zero attached hydrogens (tertiary/aromatic N) is 2. The molecule has 0 radical (unpaired) electrons. The van der Waals surface area contributed by atoms with Crippen LogP contribution in [0.5, 0.6) is 0 Å². The van der Waals surface area contributed by atoms with Gasteiger partial charge in [0.25, 0.3) is 0 Å². The third kappa shape index (κ3) is 2.20. The molecule has 3 nitrogen and oxygen atoms in total. The molecule has 1 aliphatic heterocycles. The Hall–Kier alpha value is -2.65. The van der Waals surface area contributed by atoms with Crippen LogP contribution in [-0.4, -0.2) is 31.3 Å². The van der Waals surface area contributed by atoms with E-state index in [2.05, 4.69) is 67.3 Å². The molecule has 26 heavy (non-hydrogen) atoms. The maximum absolute atomic E-state index is 5.61. The molecule has 2 heterocycles.